The summed E-state index contributed by atoms with van der Waals surface area (Å²) in [6.45, 7) is 2.80. The summed E-state index contributed by atoms with van der Waals surface area (Å²) in [6, 6.07) is 11.7. The van der Waals surface area contributed by atoms with E-state index in [-0.39, 0.29) is 22.9 Å². The number of piperidine rings is 1. The van der Waals surface area contributed by atoms with E-state index in [1.165, 1.54) is 10.4 Å². The van der Waals surface area contributed by atoms with Gasteiger partial charge in [0.1, 0.15) is 0 Å². The smallest absolute Gasteiger partial charge is 0.255 e. The number of para-hydroxylation sites is 2. The summed E-state index contributed by atoms with van der Waals surface area (Å²) in [5.41, 5.74) is 7.72. The van der Waals surface area contributed by atoms with Crippen LogP contribution in [0, 0.1) is 6.92 Å². The maximum absolute atomic E-state index is 13.0. The van der Waals surface area contributed by atoms with E-state index in [1.807, 2.05) is 0 Å². The van der Waals surface area contributed by atoms with E-state index in [0.717, 1.165) is 19.3 Å². The Morgan fingerprint density at radius 2 is 1.74 bits per heavy atom. The second kappa shape index (κ2) is 8.73. The van der Waals surface area contributed by atoms with E-state index >= 15 is 0 Å². The highest BCUT2D eigenvalue weighted by atomic mass is 35.5. The van der Waals surface area contributed by atoms with Crippen LogP contribution in [0.25, 0.3) is 0 Å². The minimum Gasteiger partial charge on any atom is -0.397 e. The van der Waals surface area contributed by atoms with Gasteiger partial charge in [-0.05, 0) is 49.6 Å². The number of sulfonamides is 1. The molecule has 2 aromatic carbocycles. The molecule has 0 unspecified atom stereocenters. The molecule has 146 valence electrons. The van der Waals surface area contributed by atoms with Crippen molar-refractivity contribution in [2.45, 2.75) is 31.1 Å². The molecule has 1 saturated heterocycles. The van der Waals surface area contributed by atoms with E-state index in [1.54, 1.807) is 43.3 Å². The van der Waals surface area contributed by atoms with Crippen molar-refractivity contribution in [3.05, 3.63) is 53.6 Å². The third-order valence-corrected chi connectivity index (χ3v) is 6.63. The molecule has 2 aromatic rings. The number of anilines is 2. The normalized spacial score (nSPS) is 15.0. The third-order valence-electron chi connectivity index (χ3n) is 4.59. The number of nitrogens with one attached hydrogen (secondary N) is 1. The maximum Gasteiger partial charge on any atom is 0.255 e. The fraction of sp³-hybridized carbons (Fsp3) is 0.316. The summed E-state index contributed by atoms with van der Waals surface area (Å²) in [7, 11) is -3.60. The number of hydrogen-bond acceptors (Lipinski definition) is 4. The van der Waals surface area contributed by atoms with Crippen molar-refractivity contribution in [3.8, 4) is 0 Å². The second-order valence-electron chi connectivity index (χ2n) is 6.49. The van der Waals surface area contributed by atoms with Crippen molar-refractivity contribution in [2.75, 3.05) is 24.1 Å². The minimum absolute atomic E-state index is 0. The van der Waals surface area contributed by atoms with Crippen LogP contribution < -0.4 is 11.1 Å². The Hall–Kier alpha value is -2.09. The van der Waals surface area contributed by atoms with Crippen molar-refractivity contribution in [1.29, 1.82) is 0 Å². The molecular weight excluding hydrogens is 386 g/mol. The molecule has 6 nitrogen and oxygen atoms in total. The Morgan fingerprint density at radius 3 is 2.41 bits per heavy atom. The van der Waals surface area contributed by atoms with Gasteiger partial charge >= 0.3 is 0 Å². The topological polar surface area (TPSA) is 92.5 Å². The molecule has 1 aliphatic heterocycles. The zero-order chi connectivity index (χ0) is 18.7. The van der Waals surface area contributed by atoms with Gasteiger partial charge in [-0.2, -0.15) is 4.31 Å². The summed E-state index contributed by atoms with van der Waals surface area (Å²) in [4.78, 5) is 12.7. The number of rotatable bonds is 4. The molecule has 1 aliphatic rings. The third kappa shape index (κ3) is 4.61. The van der Waals surface area contributed by atoms with Crippen LogP contribution >= 0.6 is 12.4 Å². The predicted molar refractivity (Wildman–Crippen MR) is 110 cm³/mol. The number of nitrogens with zero attached hydrogens (tertiary/aromatic N) is 1. The highest BCUT2D eigenvalue weighted by Crippen LogP contribution is 2.25. The Labute approximate surface area is 166 Å². The quantitative estimate of drug-likeness (QED) is 0.756. The molecule has 0 spiro atoms. The van der Waals surface area contributed by atoms with Gasteiger partial charge in [0.25, 0.3) is 5.91 Å². The number of carbonyl (C=O) groups is 1. The maximum atomic E-state index is 13.0. The summed E-state index contributed by atoms with van der Waals surface area (Å²) >= 11 is 0. The molecule has 3 N–H and O–H groups in total. The number of amides is 1. The molecule has 1 heterocycles. The van der Waals surface area contributed by atoms with E-state index in [0.29, 0.717) is 30.0 Å². The SMILES string of the molecule is Cc1ccc(C(=O)Nc2ccccc2N)cc1S(=O)(=O)N1CCCCC1.Cl. The number of nitrogen functional groups attached to an aromatic ring is 1. The zero-order valence-corrected chi connectivity index (χ0v) is 16.8. The van der Waals surface area contributed by atoms with Crippen LogP contribution in [0.2, 0.25) is 0 Å². The first-order valence-corrected chi connectivity index (χ1v) is 10.1. The highest BCUT2D eigenvalue weighted by Gasteiger charge is 2.28. The Bertz CT molecular complexity index is 926. The van der Waals surface area contributed by atoms with Crippen molar-refractivity contribution < 1.29 is 13.2 Å². The fourth-order valence-electron chi connectivity index (χ4n) is 3.07. The molecule has 1 amide bonds. The number of carbonyl (C=O) groups excluding carboxylic acids is 1. The standard InChI is InChI=1S/C19H23N3O3S.ClH/c1-14-9-10-15(19(23)21-17-8-4-3-7-16(17)20)13-18(14)26(24,25)22-11-5-2-6-12-22;/h3-4,7-10,13H,2,5-6,11-12,20H2,1H3,(H,21,23);1H. The van der Waals surface area contributed by atoms with E-state index in [4.69, 9.17) is 5.73 Å². The Morgan fingerprint density at radius 1 is 1.07 bits per heavy atom. The summed E-state index contributed by atoms with van der Waals surface area (Å²) < 4.78 is 27.4. The minimum atomic E-state index is -3.60. The van der Waals surface area contributed by atoms with Crippen molar-refractivity contribution in [2.24, 2.45) is 0 Å². The zero-order valence-electron chi connectivity index (χ0n) is 15.1. The van der Waals surface area contributed by atoms with Crippen LogP contribution in [-0.4, -0.2) is 31.7 Å². The van der Waals surface area contributed by atoms with Crippen LogP contribution in [0.15, 0.2) is 47.4 Å². The van der Waals surface area contributed by atoms with Crippen LogP contribution in [-0.2, 0) is 10.0 Å². The molecule has 3 rings (SSSR count). The number of benzene rings is 2. The molecule has 0 radical (unpaired) electrons. The number of halogens is 1. The number of hydrogen-bond donors (Lipinski definition) is 2. The molecule has 0 aliphatic carbocycles. The summed E-state index contributed by atoms with van der Waals surface area (Å²) in [5, 5.41) is 2.73. The van der Waals surface area contributed by atoms with Crippen molar-refractivity contribution in [1.82, 2.24) is 4.31 Å². The van der Waals surface area contributed by atoms with E-state index in [9.17, 15) is 13.2 Å². The molecule has 8 heteroatoms. The average Bonchev–Trinajstić information content (AvgIpc) is 2.64. The lowest BCUT2D eigenvalue weighted by Gasteiger charge is -2.26. The van der Waals surface area contributed by atoms with Gasteiger partial charge < -0.3 is 11.1 Å². The van der Waals surface area contributed by atoms with E-state index < -0.39 is 15.9 Å². The summed E-state index contributed by atoms with van der Waals surface area (Å²) in [5.74, 6) is -0.391. The number of nitrogens with two attached hydrogens (primary N) is 1. The van der Waals surface area contributed by atoms with Gasteiger partial charge in [0, 0.05) is 18.7 Å². The fourth-order valence-corrected chi connectivity index (χ4v) is 4.84. The lowest BCUT2D eigenvalue weighted by molar-refractivity contribution is 0.102. The first-order valence-electron chi connectivity index (χ1n) is 8.66. The lowest BCUT2D eigenvalue weighted by atomic mass is 10.1. The van der Waals surface area contributed by atoms with Gasteiger partial charge in [-0.15, -0.1) is 12.4 Å². The lowest BCUT2D eigenvalue weighted by Crippen LogP contribution is -2.36. The van der Waals surface area contributed by atoms with Gasteiger partial charge in [-0.25, -0.2) is 8.42 Å². The van der Waals surface area contributed by atoms with Crippen LogP contribution in [0.5, 0.6) is 0 Å². The van der Waals surface area contributed by atoms with Crippen LogP contribution in [0.3, 0.4) is 0 Å². The first kappa shape index (κ1) is 21.2. The van der Waals surface area contributed by atoms with Gasteiger partial charge in [0.2, 0.25) is 10.0 Å². The molecule has 27 heavy (non-hydrogen) atoms. The monoisotopic (exact) mass is 409 g/mol. The van der Waals surface area contributed by atoms with Gasteiger partial charge in [-0.3, -0.25) is 4.79 Å². The van der Waals surface area contributed by atoms with Gasteiger partial charge in [-0.1, -0.05) is 24.6 Å². The van der Waals surface area contributed by atoms with Gasteiger partial charge in [0.15, 0.2) is 0 Å². The van der Waals surface area contributed by atoms with Crippen molar-refractivity contribution >= 4 is 39.7 Å². The Balaban J connectivity index is 0.00000261. The van der Waals surface area contributed by atoms with Crippen molar-refractivity contribution in [3.63, 3.8) is 0 Å². The summed E-state index contributed by atoms with van der Waals surface area (Å²) in [6.07, 6.45) is 2.78. The molecule has 1 fully saturated rings. The van der Waals surface area contributed by atoms with E-state index in [2.05, 4.69) is 5.32 Å². The molecule has 0 saturated carbocycles. The first-order chi connectivity index (χ1) is 12.4. The Kier molecular flexibility index (Phi) is 6.86. The molecule has 0 aromatic heterocycles. The largest absolute Gasteiger partial charge is 0.397 e. The predicted octanol–water partition coefficient (Wildman–Crippen LogP) is 3.43. The van der Waals surface area contributed by atoms with Crippen LogP contribution in [0.1, 0.15) is 35.2 Å². The number of aryl methyl sites for hydroxylation is 1. The van der Waals surface area contributed by atoms with Gasteiger partial charge in [0.05, 0.1) is 16.3 Å². The van der Waals surface area contributed by atoms with Crippen LogP contribution in [0.4, 0.5) is 11.4 Å². The second-order valence-corrected chi connectivity index (χ2v) is 8.39. The molecule has 0 bridgehead atoms. The molecule has 0 atom stereocenters. The highest BCUT2D eigenvalue weighted by molar-refractivity contribution is 7.89. The average molecular weight is 410 g/mol. The molecular formula is C19H24ClN3O3S.